The molecule has 1 saturated heterocycles. The summed E-state index contributed by atoms with van der Waals surface area (Å²) in [4.78, 5) is 2.49. The molecule has 1 aromatic rings. The van der Waals surface area contributed by atoms with Crippen molar-refractivity contribution in [3.63, 3.8) is 0 Å². The number of piperidine rings is 1. The lowest BCUT2D eigenvalue weighted by molar-refractivity contribution is 0.176. The third kappa shape index (κ3) is 4.96. The number of nitrogens with zero attached hydrogens (tertiary/aromatic N) is 1. The summed E-state index contributed by atoms with van der Waals surface area (Å²) in [5, 5.41) is 4.90. The molecule has 4 heteroatoms. The van der Waals surface area contributed by atoms with Crippen molar-refractivity contribution in [2.24, 2.45) is 5.92 Å². The first-order valence-electron chi connectivity index (χ1n) is 7.05. The van der Waals surface area contributed by atoms with Gasteiger partial charge in [0.25, 0.3) is 0 Å². The summed E-state index contributed by atoms with van der Waals surface area (Å²) in [5.41, 5.74) is 1.21. The fraction of sp³-hybridized carbons (Fsp3) is 0.600. The predicted octanol–water partition coefficient (Wildman–Crippen LogP) is 3.81. The SMILES string of the molecule is CCNCC1CCN(Cc2cc(Cl)cc(Cl)c2)CC1. The van der Waals surface area contributed by atoms with Crippen molar-refractivity contribution in [2.75, 3.05) is 26.2 Å². The molecule has 0 bridgehead atoms. The van der Waals surface area contributed by atoms with E-state index in [9.17, 15) is 0 Å². The monoisotopic (exact) mass is 300 g/mol. The summed E-state index contributed by atoms with van der Waals surface area (Å²) < 4.78 is 0. The molecule has 0 amide bonds. The van der Waals surface area contributed by atoms with Gasteiger partial charge in [0.1, 0.15) is 0 Å². The van der Waals surface area contributed by atoms with E-state index in [1.165, 1.54) is 31.5 Å². The lowest BCUT2D eigenvalue weighted by atomic mass is 9.96. The van der Waals surface area contributed by atoms with Crippen molar-refractivity contribution in [1.29, 1.82) is 0 Å². The number of hydrogen-bond acceptors (Lipinski definition) is 2. The van der Waals surface area contributed by atoms with Gasteiger partial charge in [0, 0.05) is 16.6 Å². The number of rotatable bonds is 5. The highest BCUT2D eigenvalue weighted by molar-refractivity contribution is 6.34. The van der Waals surface area contributed by atoms with Crippen LogP contribution in [0.5, 0.6) is 0 Å². The number of halogens is 2. The van der Waals surface area contributed by atoms with Gasteiger partial charge in [-0.1, -0.05) is 30.1 Å². The Morgan fingerprint density at radius 3 is 2.37 bits per heavy atom. The largest absolute Gasteiger partial charge is 0.317 e. The zero-order valence-electron chi connectivity index (χ0n) is 11.5. The minimum atomic E-state index is 0.726. The quantitative estimate of drug-likeness (QED) is 0.889. The van der Waals surface area contributed by atoms with E-state index in [0.29, 0.717) is 0 Å². The highest BCUT2D eigenvalue weighted by Crippen LogP contribution is 2.22. The number of nitrogens with one attached hydrogen (secondary N) is 1. The number of likely N-dealkylation sites (tertiary alicyclic amines) is 1. The second-order valence-corrected chi connectivity index (χ2v) is 6.18. The third-order valence-corrected chi connectivity index (χ3v) is 4.16. The van der Waals surface area contributed by atoms with E-state index in [-0.39, 0.29) is 0 Å². The van der Waals surface area contributed by atoms with Crippen molar-refractivity contribution in [1.82, 2.24) is 10.2 Å². The first kappa shape index (κ1) is 15.1. The Morgan fingerprint density at radius 1 is 1.16 bits per heavy atom. The molecule has 0 radical (unpaired) electrons. The Labute approximate surface area is 126 Å². The lowest BCUT2D eigenvalue weighted by Gasteiger charge is -2.32. The molecule has 0 unspecified atom stereocenters. The first-order valence-corrected chi connectivity index (χ1v) is 7.81. The van der Waals surface area contributed by atoms with Gasteiger partial charge >= 0.3 is 0 Å². The molecule has 1 fully saturated rings. The van der Waals surface area contributed by atoms with Crippen LogP contribution in [-0.2, 0) is 6.54 Å². The summed E-state index contributed by atoms with van der Waals surface area (Å²) in [6.07, 6.45) is 2.56. The molecule has 1 aliphatic rings. The maximum absolute atomic E-state index is 6.04. The van der Waals surface area contributed by atoms with E-state index in [1.54, 1.807) is 6.07 Å². The second kappa shape index (κ2) is 7.49. The van der Waals surface area contributed by atoms with Crippen LogP contribution < -0.4 is 5.32 Å². The van der Waals surface area contributed by atoms with Crippen LogP contribution in [0, 0.1) is 5.92 Å². The van der Waals surface area contributed by atoms with Gasteiger partial charge in [-0.05, 0) is 68.7 Å². The number of benzene rings is 1. The molecule has 19 heavy (non-hydrogen) atoms. The number of hydrogen-bond donors (Lipinski definition) is 1. The highest BCUT2D eigenvalue weighted by Gasteiger charge is 2.18. The molecule has 0 atom stereocenters. The van der Waals surface area contributed by atoms with Gasteiger partial charge in [-0.15, -0.1) is 0 Å². The van der Waals surface area contributed by atoms with Crippen LogP contribution in [0.1, 0.15) is 25.3 Å². The van der Waals surface area contributed by atoms with E-state index in [1.807, 2.05) is 12.1 Å². The van der Waals surface area contributed by atoms with Gasteiger partial charge in [0.2, 0.25) is 0 Å². The van der Waals surface area contributed by atoms with Gasteiger partial charge in [0.05, 0.1) is 0 Å². The van der Waals surface area contributed by atoms with Crippen LogP contribution in [0.3, 0.4) is 0 Å². The van der Waals surface area contributed by atoms with Crippen molar-refractivity contribution in [3.8, 4) is 0 Å². The Balaban J connectivity index is 1.82. The zero-order chi connectivity index (χ0) is 13.7. The van der Waals surface area contributed by atoms with Crippen LogP contribution in [0.25, 0.3) is 0 Å². The molecule has 0 aliphatic carbocycles. The van der Waals surface area contributed by atoms with Crippen molar-refractivity contribution < 1.29 is 0 Å². The molecule has 1 aliphatic heterocycles. The van der Waals surface area contributed by atoms with Crippen LogP contribution in [-0.4, -0.2) is 31.1 Å². The first-order chi connectivity index (χ1) is 9.17. The Bertz CT molecular complexity index is 381. The standard InChI is InChI=1S/C15H22Cl2N2/c1-2-18-10-12-3-5-19(6-4-12)11-13-7-14(16)9-15(17)8-13/h7-9,12,18H,2-6,10-11H2,1H3. The second-order valence-electron chi connectivity index (χ2n) is 5.30. The van der Waals surface area contributed by atoms with E-state index in [4.69, 9.17) is 23.2 Å². The predicted molar refractivity (Wildman–Crippen MR) is 83.0 cm³/mol. The average Bonchev–Trinajstić information content (AvgIpc) is 2.37. The maximum Gasteiger partial charge on any atom is 0.0424 e. The lowest BCUT2D eigenvalue weighted by Crippen LogP contribution is -2.36. The summed E-state index contributed by atoms with van der Waals surface area (Å²) in [6, 6.07) is 5.81. The fourth-order valence-corrected chi connectivity index (χ4v) is 3.23. The van der Waals surface area contributed by atoms with E-state index < -0.39 is 0 Å². The minimum absolute atomic E-state index is 0.726. The smallest absolute Gasteiger partial charge is 0.0424 e. The van der Waals surface area contributed by atoms with Crippen molar-refractivity contribution >= 4 is 23.2 Å². The van der Waals surface area contributed by atoms with Gasteiger partial charge in [-0.25, -0.2) is 0 Å². The average molecular weight is 301 g/mol. The summed E-state index contributed by atoms with van der Waals surface area (Å²) in [5.74, 6) is 0.833. The van der Waals surface area contributed by atoms with E-state index in [0.717, 1.165) is 35.6 Å². The molecule has 0 spiro atoms. The fourth-order valence-electron chi connectivity index (χ4n) is 2.66. The molecule has 2 nitrogen and oxygen atoms in total. The molecular formula is C15H22Cl2N2. The summed E-state index contributed by atoms with van der Waals surface area (Å²) in [7, 11) is 0. The van der Waals surface area contributed by atoms with Gasteiger partial charge < -0.3 is 5.32 Å². The van der Waals surface area contributed by atoms with Crippen molar-refractivity contribution in [2.45, 2.75) is 26.3 Å². The molecule has 0 saturated carbocycles. The molecule has 106 valence electrons. The van der Waals surface area contributed by atoms with Crippen LogP contribution in [0.2, 0.25) is 10.0 Å². The van der Waals surface area contributed by atoms with Crippen LogP contribution >= 0.6 is 23.2 Å². The Morgan fingerprint density at radius 2 is 1.79 bits per heavy atom. The van der Waals surface area contributed by atoms with Crippen molar-refractivity contribution in [3.05, 3.63) is 33.8 Å². The Kier molecular flexibility index (Phi) is 5.96. The highest BCUT2D eigenvalue weighted by atomic mass is 35.5. The molecule has 2 rings (SSSR count). The molecular weight excluding hydrogens is 279 g/mol. The maximum atomic E-state index is 6.04. The zero-order valence-corrected chi connectivity index (χ0v) is 13.0. The van der Waals surface area contributed by atoms with Gasteiger partial charge in [0.15, 0.2) is 0 Å². The van der Waals surface area contributed by atoms with Crippen LogP contribution in [0.4, 0.5) is 0 Å². The molecule has 1 heterocycles. The third-order valence-electron chi connectivity index (χ3n) is 3.72. The summed E-state index contributed by atoms with van der Waals surface area (Å²) >= 11 is 12.1. The molecule has 0 aromatic heterocycles. The Hall–Kier alpha value is -0.280. The topological polar surface area (TPSA) is 15.3 Å². The molecule has 1 N–H and O–H groups in total. The van der Waals surface area contributed by atoms with Gasteiger partial charge in [-0.3, -0.25) is 4.90 Å². The van der Waals surface area contributed by atoms with Gasteiger partial charge in [-0.2, -0.15) is 0 Å². The summed E-state index contributed by atoms with van der Waals surface area (Å²) in [6.45, 7) is 7.68. The van der Waals surface area contributed by atoms with Crippen LogP contribution in [0.15, 0.2) is 18.2 Å². The minimum Gasteiger partial charge on any atom is -0.317 e. The van der Waals surface area contributed by atoms with E-state index >= 15 is 0 Å². The normalized spacial score (nSPS) is 17.8. The van der Waals surface area contributed by atoms with E-state index in [2.05, 4.69) is 17.1 Å². The molecule has 1 aromatic carbocycles.